The fourth-order valence-corrected chi connectivity index (χ4v) is 2.87. The first kappa shape index (κ1) is 16.6. The van der Waals surface area contributed by atoms with Crippen LogP contribution in [0.4, 0.5) is 0 Å². The van der Waals surface area contributed by atoms with E-state index in [0.29, 0.717) is 44.3 Å². The van der Waals surface area contributed by atoms with E-state index in [-0.39, 0.29) is 12.0 Å². The summed E-state index contributed by atoms with van der Waals surface area (Å²) in [6.07, 6.45) is 3.33. The molecule has 0 N–H and O–H groups in total. The van der Waals surface area contributed by atoms with Crippen molar-refractivity contribution in [2.24, 2.45) is 7.05 Å². The molecule has 0 aliphatic carbocycles. The number of aryl methyl sites for hydroxylation is 4. The highest BCUT2D eigenvalue weighted by atomic mass is 16.5. The molecule has 1 fully saturated rings. The van der Waals surface area contributed by atoms with Crippen molar-refractivity contribution >= 4 is 5.91 Å². The van der Waals surface area contributed by atoms with Gasteiger partial charge in [0.1, 0.15) is 11.9 Å². The Morgan fingerprint density at radius 3 is 2.92 bits per heavy atom. The highest BCUT2D eigenvalue weighted by molar-refractivity contribution is 5.76. The van der Waals surface area contributed by atoms with Gasteiger partial charge in [0, 0.05) is 39.1 Å². The molecule has 1 atom stereocenters. The fraction of sp³-hybridized carbons (Fsp3) is 0.625. The summed E-state index contributed by atoms with van der Waals surface area (Å²) < 4.78 is 12.9. The van der Waals surface area contributed by atoms with Crippen LogP contribution in [-0.4, -0.2) is 50.2 Å². The SMILES string of the molecule is CCc1noc(CCC(=O)N2CCO[C@@H](c3nc(C)cn3C)C2)n1. The van der Waals surface area contributed by atoms with Gasteiger partial charge in [-0.05, 0) is 6.92 Å². The first-order chi connectivity index (χ1) is 11.6. The predicted octanol–water partition coefficient (Wildman–Crippen LogP) is 1.21. The molecule has 0 bridgehead atoms. The molecule has 3 rings (SSSR count). The second kappa shape index (κ2) is 7.12. The number of nitrogens with zero attached hydrogens (tertiary/aromatic N) is 5. The molecule has 0 aromatic carbocycles. The Balaban J connectivity index is 1.57. The Labute approximate surface area is 140 Å². The van der Waals surface area contributed by atoms with E-state index >= 15 is 0 Å². The van der Waals surface area contributed by atoms with E-state index in [4.69, 9.17) is 9.26 Å². The Morgan fingerprint density at radius 1 is 1.42 bits per heavy atom. The van der Waals surface area contributed by atoms with Crippen molar-refractivity contribution in [2.75, 3.05) is 19.7 Å². The van der Waals surface area contributed by atoms with Crippen LogP contribution in [0.1, 0.15) is 42.7 Å². The highest BCUT2D eigenvalue weighted by Crippen LogP contribution is 2.22. The molecule has 8 nitrogen and oxygen atoms in total. The lowest BCUT2D eigenvalue weighted by Crippen LogP contribution is -2.43. The Bertz CT molecular complexity index is 708. The quantitative estimate of drug-likeness (QED) is 0.817. The molecule has 1 aliphatic heterocycles. The first-order valence-corrected chi connectivity index (χ1v) is 8.27. The third-order valence-corrected chi connectivity index (χ3v) is 4.12. The zero-order valence-electron chi connectivity index (χ0n) is 14.4. The van der Waals surface area contributed by atoms with E-state index in [1.165, 1.54) is 0 Å². The largest absolute Gasteiger partial charge is 0.367 e. The summed E-state index contributed by atoms with van der Waals surface area (Å²) in [6.45, 7) is 5.55. The molecule has 0 spiro atoms. The molecule has 1 amide bonds. The van der Waals surface area contributed by atoms with Gasteiger partial charge in [-0.1, -0.05) is 12.1 Å². The Kier molecular flexibility index (Phi) is 4.94. The van der Waals surface area contributed by atoms with Gasteiger partial charge in [0.15, 0.2) is 5.82 Å². The van der Waals surface area contributed by atoms with Gasteiger partial charge in [0.05, 0.1) is 18.8 Å². The number of amides is 1. The van der Waals surface area contributed by atoms with Gasteiger partial charge in [-0.3, -0.25) is 4.79 Å². The van der Waals surface area contributed by atoms with Crippen molar-refractivity contribution in [3.63, 3.8) is 0 Å². The number of hydrogen-bond donors (Lipinski definition) is 0. The molecule has 0 radical (unpaired) electrons. The summed E-state index contributed by atoms with van der Waals surface area (Å²) in [5, 5.41) is 3.85. The summed E-state index contributed by atoms with van der Waals surface area (Å²) in [4.78, 5) is 23.0. The molecule has 2 aromatic heterocycles. The van der Waals surface area contributed by atoms with Gasteiger partial charge in [0.2, 0.25) is 11.8 Å². The zero-order chi connectivity index (χ0) is 17.1. The monoisotopic (exact) mass is 333 g/mol. The smallest absolute Gasteiger partial charge is 0.227 e. The van der Waals surface area contributed by atoms with E-state index in [1.54, 1.807) is 0 Å². The normalized spacial score (nSPS) is 18.1. The topological polar surface area (TPSA) is 86.3 Å². The molecular formula is C16H23N5O3. The number of aromatic nitrogens is 4. The van der Waals surface area contributed by atoms with Crippen molar-refractivity contribution in [1.29, 1.82) is 0 Å². The van der Waals surface area contributed by atoms with E-state index in [1.807, 2.05) is 36.6 Å². The van der Waals surface area contributed by atoms with Crippen LogP contribution in [0.3, 0.4) is 0 Å². The molecule has 3 heterocycles. The Morgan fingerprint density at radius 2 is 2.25 bits per heavy atom. The lowest BCUT2D eigenvalue weighted by atomic mass is 10.2. The molecule has 1 aliphatic rings. The molecule has 130 valence electrons. The highest BCUT2D eigenvalue weighted by Gasteiger charge is 2.28. The van der Waals surface area contributed by atoms with Crippen LogP contribution in [0.25, 0.3) is 0 Å². The van der Waals surface area contributed by atoms with Gasteiger partial charge in [0.25, 0.3) is 0 Å². The first-order valence-electron chi connectivity index (χ1n) is 8.27. The number of carbonyl (C=O) groups is 1. The standard InChI is InChI=1S/C16H23N5O3/c1-4-13-18-14(24-19-13)5-6-15(22)21-7-8-23-12(10-21)16-17-11(2)9-20(16)3/h9,12H,4-8,10H2,1-3H3/t12-/m1/s1. The zero-order valence-corrected chi connectivity index (χ0v) is 14.4. The third-order valence-electron chi connectivity index (χ3n) is 4.12. The third kappa shape index (κ3) is 3.64. The van der Waals surface area contributed by atoms with Crippen LogP contribution in [-0.2, 0) is 29.4 Å². The van der Waals surface area contributed by atoms with Gasteiger partial charge in [-0.2, -0.15) is 4.98 Å². The van der Waals surface area contributed by atoms with Crippen molar-refractivity contribution in [2.45, 2.75) is 39.2 Å². The Hall–Kier alpha value is -2.22. The minimum Gasteiger partial charge on any atom is -0.367 e. The summed E-state index contributed by atoms with van der Waals surface area (Å²) in [5.41, 5.74) is 0.947. The summed E-state index contributed by atoms with van der Waals surface area (Å²) >= 11 is 0. The van der Waals surface area contributed by atoms with Crippen molar-refractivity contribution < 1.29 is 14.1 Å². The van der Waals surface area contributed by atoms with Crippen LogP contribution in [0.15, 0.2) is 10.7 Å². The number of morpholine rings is 1. The number of imidazole rings is 1. The molecule has 2 aromatic rings. The van der Waals surface area contributed by atoms with Crippen molar-refractivity contribution in [1.82, 2.24) is 24.6 Å². The molecule has 24 heavy (non-hydrogen) atoms. The fourth-order valence-electron chi connectivity index (χ4n) is 2.87. The second-order valence-corrected chi connectivity index (χ2v) is 6.01. The average Bonchev–Trinajstić information content (AvgIpc) is 3.18. The molecule has 8 heteroatoms. The maximum atomic E-state index is 12.5. The van der Waals surface area contributed by atoms with Gasteiger partial charge < -0.3 is 18.7 Å². The lowest BCUT2D eigenvalue weighted by Gasteiger charge is -2.32. The summed E-state index contributed by atoms with van der Waals surface area (Å²) in [5.74, 6) is 2.12. The molecule has 0 saturated carbocycles. The molecular weight excluding hydrogens is 310 g/mol. The number of ether oxygens (including phenoxy) is 1. The second-order valence-electron chi connectivity index (χ2n) is 6.01. The molecule has 1 saturated heterocycles. The summed E-state index contributed by atoms with van der Waals surface area (Å²) in [7, 11) is 1.94. The van der Waals surface area contributed by atoms with Gasteiger partial charge >= 0.3 is 0 Å². The van der Waals surface area contributed by atoms with E-state index in [0.717, 1.165) is 17.9 Å². The van der Waals surface area contributed by atoms with Gasteiger partial charge in [-0.25, -0.2) is 4.98 Å². The maximum Gasteiger partial charge on any atom is 0.227 e. The van der Waals surface area contributed by atoms with Gasteiger partial charge in [-0.15, -0.1) is 0 Å². The summed E-state index contributed by atoms with van der Waals surface area (Å²) in [6, 6.07) is 0. The van der Waals surface area contributed by atoms with Crippen LogP contribution in [0, 0.1) is 6.92 Å². The van der Waals surface area contributed by atoms with E-state index < -0.39 is 0 Å². The number of rotatable bonds is 5. The average molecular weight is 333 g/mol. The minimum atomic E-state index is -0.184. The predicted molar refractivity (Wildman–Crippen MR) is 85.2 cm³/mol. The number of carbonyl (C=O) groups excluding carboxylic acids is 1. The van der Waals surface area contributed by atoms with Crippen molar-refractivity contribution in [3.05, 3.63) is 29.4 Å². The van der Waals surface area contributed by atoms with E-state index in [9.17, 15) is 4.79 Å². The van der Waals surface area contributed by atoms with E-state index in [2.05, 4.69) is 15.1 Å². The van der Waals surface area contributed by atoms with Crippen LogP contribution >= 0.6 is 0 Å². The maximum absolute atomic E-state index is 12.5. The lowest BCUT2D eigenvalue weighted by molar-refractivity contribution is -0.139. The minimum absolute atomic E-state index is 0.0745. The molecule has 0 unspecified atom stereocenters. The van der Waals surface area contributed by atoms with Crippen LogP contribution < -0.4 is 0 Å². The van der Waals surface area contributed by atoms with Crippen LogP contribution in [0.5, 0.6) is 0 Å². The number of hydrogen-bond acceptors (Lipinski definition) is 6. The van der Waals surface area contributed by atoms with Crippen molar-refractivity contribution in [3.8, 4) is 0 Å². The van der Waals surface area contributed by atoms with Crippen LogP contribution in [0.2, 0.25) is 0 Å².